The van der Waals surface area contributed by atoms with E-state index >= 15 is 0 Å². The van der Waals surface area contributed by atoms with E-state index in [1.165, 1.54) is 39.8 Å². The van der Waals surface area contributed by atoms with Crippen molar-refractivity contribution in [3.05, 3.63) is 35.5 Å². The highest BCUT2D eigenvalue weighted by atomic mass is 16.6. The Morgan fingerprint density at radius 2 is 1.16 bits per heavy atom. The summed E-state index contributed by atoms with van der Waals surface area (Å²) in [5.74, 6) is -7.89. The fourth-order valence-electron chi connectivity index (χ4n) is 1.78. The molecule has 0 bridgehead atoms. The number of allylic oxidation sites excluding steroid dienone is 2. The number of esters is 4. The van der Waals surface area contributed by atoms with Crippen LogP contribution in [0.1, 0.15) is 47.0 Å². The molecule has 0 heterocycles. The van der Waals surface area contributed by atoms with Crippen LogP contribution in [0.4, 0.5) is 0 Å². The van der Waals surface area contributed by atoms with Crippen LogP contribution in [0.2, 0.25) is 0 Å². The van der Waals surface area contributed by atoms with Crippen LogP contribution in [0.25, 0.3) is 0 Å². The largest absolute Gasteiger partial charge is 0.481 e. The normalized spacial score (nSPS) is 13.5. The molecule has 0 aliphatic heterocycles. The molecule has 10 nitrogen and oxygen atoms in total. The zero-order chi connectivity index (χ0) is 24.3. The summed E-state index contributed by atoms with van der Waals surface area (Å²) in [6.07, 6.45) is 2.03. The van der Waals surface area contributed by atoms with Gasteiger partial charge in [0.05, 0.1) is 18.3 Å². The highest BCUT2D eigenvalue weighted by molar-refractivity contribution is 6.04. The summed E-state index contributed by atoms with van der Waals surface area (Å²) in [6, 6.07) is 0. The molecule has 31 heavy (non-hydrogen) atoms. The van der Waals surface area contributed by atoms with Gasteiger partial charge in [0.2, 0.25) is 0 Å². The van der Waals surface area contributed by atoms with Crippen molar-refractivity contribution in [3.63, 3.8) is 0 Å². The van der Waals surface area contributed by atoms with Gasteiger partial charge in [-0.15, -0.1) is 0 Å². The molecule has 10 heteroatoms. The summed E-state index contributed by atoms with van der Waals surface area (Å²) in [6.45, 7) is 8.89. The first kappa shape index (κ1) is 27.4. The van der Waals surface area contributed by atoms with Crippen LogP contribution in [-0.4, -0.2) is 46.0 Å². The molecule has 0 saturated heterocycles. The van der Waals surface area contributed by atoms with Crippen molar-refractivity contribution in [1.29, 1.82) is 0 Å². The van der Waals surface area contributed by atoms with Gasteiger partial charge >= 0.3 is 35.8 Å². The number of rotatable bonds is 11. The number of ether oxygens (including phenoxy) is 2. The van der Waals surface area contributed by atoms with Gasteiger partial charge in [-0.25, -0.2) is 14.4 Å². The smallest absolute Gasteiger partial charge is 0.341 e. The molecular weight excluding hydrogens is 412 g/mol. The zero-order valence-electron chi connectivity index (χ0n) is 17.8. The molecule has 0 amide bonds. The molecule has 170 valence electrons. The Bertz CT molecular complexity index is 831. The van der Waals surface area contributed by atoms with Crippen LogP contribution in [-0.2, 0) is 38.2 Å². The molecule has 0 aromatic heterocycles. The highest BCUT2D eigenvalue weighted by Gasteiger charge is 2.21. The lowest BCUT2D eigenvalue weighted by atomic mass is 10.1. The lowest BCUT2D eigenvalue weighted by Crippen LogP contribution is -2.19. The molecule has 0 fully saturated rings. The first-order valence-corrected chi connectivity index (χ1v) is 9.24. The maximum Gasteiger partial charge on any atom is 0.341 e. The third-order valence-corrected chi connectivity index (χ3v) is 4.08. The molecular formula is C21H26O10. The van der Waals surface area contributed by atoms with Gasteiger partial charge in [-0.3, -0.25) is 14.4 Å². The Morgan fingerprint density at radius 3 is 1.55 bits per heavy atom. The molecule has 2 unspecified atom stereocenters. The second kappa shape index (κ2) is 12.9. The Hall–Kier alpha value is -3.56. The Labute approximate surface area is 179 Å². The number of carbonyl (C=O) groups is 6. The fraction of sp³-hybridized carbons (Fsp3) is 0.429. The van der Waals surface area contributed by atoms with Crippen LogP contribution in [0, 0.1) is 11.8 Å². The van der Waals surface area contributed by atoms with Gasteiger partial charge in [0.25, 0.3) is 0 Å². The third kappa shape index (κ3) is 10.7. The minimum atomic E-state index is -1.20. The lowest BCUT2D eigenvalue weighted by Gasteiger charge is -2.07. The predicted molar refractivity (Wildman–Crippen MR) is 106 cm³/mol. The summed E-state index contributed by atoms with van der Waals surface area (Å²) in [5.41, 5.74) is -0.413. The van der Waals surface area contributed by atoms with E-state index in [1.807, 2.05) is 0 Å². The third-order valence-electron chi connectivity index (χ3n) is 4.08. The van der Waals surface area contributed by atoms with E-state index in [9.17, 15) is 28.8 Å². The Morgan fingerprint density at radius 1 is 0.774 bits per heavy atom. The van der Waals surface area contributed by atoms with Crippen molar-refractivity contribution in [2.75, 3.05) is 0 Å². The van der Waals surface area contributed by atoms with Crippen LogP contribution >= 0.6 is 0 Å². The zero-order valence-corrected chi connectivity index (χ0v) is 17.8. The van der Waals surface area contributed by atoms with E-state index in [4.69, 9.17) is 10.2 Å². The Kier molecular flexibility index (Phi) is 11.4. The van der Waals surface area contributed by atoms with Crippen molar-refractivity contribution in [3.8, 4) is 0 Å². The van der Waals surface area contributed by atoms with Gasteiger partial charge < -0.3 is 19.7 Å². The van der Waals surface area contributed by atoms with E-state index in [2.05, 4.69) is 16.1 Å². The van der Waals surface area contributed by atoms with Crippen molar-refractivity contribution in [2.24, 2.45) is 11.8 Å². The predicted octanol–water partition coefficient (Wildman–Crippen LogP) is 2.19. The highest BCUT2D eigenvalue weighted by Crippen LogP contribution is 2.11. The van der Waals surface area contributed by atoms with Crippen molar-refractivity contribution < 1.29 is 48.5 Å². The van der Waals surface area contributed by atoms with Gasteiger partial charge in [-0.05, 0) is 26.7 Å². The van der Waals surface area contributed by atoms with Crippen molar-refractivity contribution in [1.82, 2.24) is 0 Å². The number of carboxylic acid groups (broad SMARTS) is 2. The SMILES string of the molecule is C=C(CC(=O)OC(=O)C(C)=CCC(C)C(=O)O)C(=O)OC(=O)C(C)=CCC(C)C(=O)O. The maximum atomic E-state index is 11.9. The first-order valence-electron chi connectivity index (χ1n) is 9.24. The molecule has 0 spiro atoms. The molecule has 0 saturated carbocycles. The van der Waals surface area contributed by atoms with Crippen LogP contribution < -0.4 is 0 Å². The first-order chi connectivity index (χ1) is 14.3. The Balaban J connectivity index is 4.69. The van der Waals surface area contributed by atoms with Crippen molar-refractivity contribution in [2.45, 2.75) is 47.0 Å². The van der Waals surface area contributed by atoms with E-state index in [0.29, 0.717) is 0 Å². The second-order valence-corrected chi connectivity index (χ2v) is 6.94. The lowest BCUT2D eigenvalue weighted by molar-refractivity contribution is -0.159. The molecule has 2 atom stereocenters. The monoisotopic (exact) mass is 438 g/mol. The van der Waals surface area contributed by atoms with E-state index in [-0.39, 0.29) is 24.0 Å². The van der Waals surface area contributed by atoms with Gasteiger partial charge in [-0.2, -0.15) is 0 Å². The quantitative estimate of drug-likeness (QED) is 0.278. The molecule has 2 N–H and O–H groups in total. The minimum absolute atomic E-state index is 0.00311. The summed E-state index contributed by atoms with van der Waals surface area (Å²) in [5, 5.41) is 17.6. The minimum Gasteiger partial charge on any atom is -0.481 e. The van der Waals surface area contributed by atoms with Crippen LogP contribution in [0.15, 0.2) is 35.5 Å². The van der Waals surface area contributed by atoms with E-state index in [1.54, 1.807) is 0 Å². The average molecular weight is 438 g/mol. The molecule has 0 aliphatic carbocycles. The topological polar surface area (TPSA) is 161 Å². The summed E-state index contributed by atoms with van der Waals surface area (Å²) in [4.78, 5) is 68.9. The summed E-state index contributed by atoms with van der Waals surface area (Å²) >= 11 is 0. The van der Waals surface area contributed by atoms with Gasteiger partial charge in [0.1, 0.15) is 0 Å². The van der Waals surface area contributed by atoms with E-state index in [0.717, 1.165) is 0 Å². The fourth-order valence-corrected chi connectivity index (χ4v) is 1.78. The van der Waals surface area contributed by atoms with Gasteiger partial charge in [-0.1, -0.05) is 32.6 Å². The molecule has 0 rings (SSSR count). The number of carbonyl (C=O) groups excluding carboxylic acids is 4. The van der Waals surface area contributed by atoms with Crippen molar-refractivity contribution >= 4 is 35.8 Å². The molecule has 0 radical (unpaired) electrons. The number of aliphatic carboxylic acids is 2. The number of hydrogen-bond donors (Lipinski definition) is 2. The summed E-state index contributed by atoms with van der Waals surface area (Å²) in [7, 11) is 0. The molecule has 0 aromatic carbocycles. The maximum absolute atomic E-state index is 11.9. The van der Waals surface area contributed by atoms with Crippen LogP contribution in [0.5, 0.6) is 0 Å². The van der Waals surface area contributed by atoms with Gasteiger partial charge in [0, 0.05) is 16.7 Å². The number of hydrogen-bond acceptors (Lipinski definition) is 8. The van der Waals surface area contributed by atoms with Crippen LogP contribution in [0.3, 0.4) is 0 Å². The van der Waals surface area contributed by atoms with Gasteiger partial charge in [0.15, 0.2) is 0 Å². The standard InChI is InChI=1S/C21H26O10/c1-11(17(23)24)6-8-13(3)19(27)30-16(22)10-15(5)21(29)31-20(28)14(4)9-7-12(2)18(25)26/h8-9,11-12H,5-7,10H2,1-4H3,(H,23,24)(H,25,26). The summed E-state index contributed by atoms with van der Waals surface area (Å²) < 4.78 is 9.11. The molecule has 0 aliphatic rings. The molecule has 0 aromatic rings. The number of carboxylic acids is 2. The second-order valence-electron chi connectivity index (χ2n) is 6.94. The average Bonchev–Trinajstić information content (AvgIpc) is 2.68. The van der Waals surface area contributed by atoms with E-state index < -0.39 is 59.6 Å².